The number of para-hydroxylation sites is 1. The summed E-state index contributed by atoms with van der Waals surface area (Å²) < 4.78 is 4.86. The summed E-state index contributed by atoms with van der Waals surface area (Å²) in [5, 5.41) is 31.3. The zero-order chi connectivity index (χ0) is 16.2. The Hall–Kier alpha value is -2.68. The molecule has 1 atom stereocenters. The van der Waals surface area contributed by atoms with Gasteiger partial charge in [0.1, 0.15) is 0 Å². The predicted molar refractivity (Wildman–Crippen MR) is 70.2 cm³/mol. The van der Waals surface area contributed by atoms with Crippen LogP contribution in [0.4, 0.5) is 5.69 Å². The van der Waals surface area contributed by atoms with Crippen molar-refractivity contribution in [3.63, 3.8) is 0 Å². The second kappa shape index (κ2) is 6.18. The van der Waals surface area contributed by atoms with Crippen molar-refractivity contribution in [1.82, 2.24) is 5.32 Å². The van der Waals surface area contributed by atoms with Crippen LogP contribution in [0.3, 0.4) is 0 Å². The normalized spacial score (nSPS) is 13.1. The maximum atomic E-state index is 12.0. The van der Waals surface area contributed by atoms with E-state index in [1.165, 1.54) is 25.3 Å². The molecule has 0 saturated carbocycles. The number of carboxylic acids is 1. The van der Waals surface area contributed by atoms with Gasteiger partial charge in [0, 0.05) is 6.07 Å². The molecule has 3 N–H and O–H groups in total. The molecule has 114 valence electrons. The number of nitro benzene ring substituents is 1. The molecule has 1 aromatic rings. The van der Waals surface area contributed by atoms with Crippen LogP contribution in [0.25, 0.3) is 0 Å². The van der Waals surface area contributed by atoms with Gasteiger partial charge in [-0.3, -0.25) is 14.9 Å². The van der Waals surface area contributed by atoms with Crippen molar-refractivity contribution < 1.29 is 29.5 Å². The van der Waals surface area contributed by atoms with E-state index in [1.807, 2.05) is 0 Å². The molecule has 9 nitrogen and oxygen atoms in total. The minimum absolute atomic E-state index is 0.132. The highest BCUT2D eigenvalue weighted by Gasteiger charge is 2.31. The number of aliphatic carboxylic acids is 1. The minimum atomic E-state index is -2.15. The molecule has 0 heterocycles. The van der Waals surface area contributed by atoms with E-state index in [-0.39, 0.29) is 11.3 Å². The van der Waals surface area contributed by atoms with Crippen LogP contribution >= 0.6 is 0 Å². The first-order valence-corrected chi connectivity index (χ1v) is 5.76. The molecule has 0 bridgehead atoms. The number of benzene rings is 1. The van der Waals surface area contributed by atoms with Gasteiger partial charge in [-0.1, -0.05) is 6.07 Å². The standard InChI is InChI=1S/C12H14N2O7/c1-12(18,11(16)17)6-13-10(15)7-4-3-5-8(14(19)20)9(7)21-2/h3-5,18H,6H2,1-2H3,(H,13,15)(H,16,17). The molecule has 1 unspecified atom stereocenters. The Morgan fingerprint density at radius 3 is 2.57 bits per heavy atom. The number of nitro groups is 1. The van der Waals surface area contributed by atoms with Crippen molar-refractivity contribution >= 4 is 17.6 Å². The Morgan fingerprint density at radius 1 is 1.48 bits per heavy atom. The van der Waals surface area contributed by atoms with E-state index >= 15 is 0 Å². The largest absolute Gasteiger partial charge is 0.490 e. The molecule has 1 amide bonds. The van der Waals surface area contributed by atoms with Crippen LogP contribution in [-0.2, 0) is 4.79 Å². The Bertz CT molecular complexity index is 583. The van der Waals surface area contributed by atoms with Crippen molar-refractivity contribution in [2.45, 2.75) is 12.5 Å². The van der Waals surface area contributed by atoms with E-state index in [0.29, 0.717) is 0 Å². The van der Waals surface area contributed by atoms with Crippen LogP contribution in [0.2, 0.25) is 0 Å². The number of aliphatic hydroxyl groups is 1. The number of hydrogen-bond acceptors (Lipinski definition) is 6. The summed E-state index contributed by atoms with van der Waals surface area (Å²) in [4.78, 5) is 32.8. The van der Waals surface area contributed by atoms with Gasteiger partial charge in [-0.05, 0) is 13.0 Å². The molecule has 0 spiro atoms. The van der Waals surface area contributed by atoms with Gasteiger partial charge in [-0.25, -0.2) is 4.79 Å². The van der Waals surface area contributed by atoms with Gasteiger partial charge in [-0.15, -0.1) is 0 Å². The van der Waals surface area contributed by atoms with Crippen LogP contribution in [0.5, 0.6) is 5.75 Å². The Balaban J connectivity index is 3.01. The van der Waals surface area contributed by atoms with E-state index in [0.717, 1.165) is 6.92 Å². The van der Waals surface area contributed by atoms with Crippen LogP contribution < -0.4 is 10.1 Å². The Morgan fingerprint density at radius 2 is 2.10 bits per heavy atom. The van der Waals surface area contributed by atoms with Crippen LogP contribution in [0.15, 0.2) is 18.2 Å². The molecule has 0 saturated heterocycles. The second-order valence-electron chi connectivity index (χ2n) is 4.38. The monoisotopic (exact) mass is 298 g/mol. The lowest BCUT2D eigenvalue weighted by molar-refractivity contribution is -0.385. The fourth-order valence-electron chi connectivity index (χ4n) is 1.49. The molecule has 0 aliphatic rings. The SMILES string of the molecule is COc1c(C(=O)NCC(C)(O)C(=O)O)cccc1[N+](=O)[O-]. The number of carboxylic acid groups (broad SMARTS) is 1. The van der Waals surface area contributed by atoms with Gasteiger partial charge < -0.3 is 20.3 Å². The number of methoxy groups -OCH3 is 1. The first-order valence-electron chi connectivity index (χ1n) is 5.76. The molecular weight excluding hydrogens is 284 g/mol. The number of nitrogens with one attached hydrogen (secondary N) is 1. The molecule has 0 aliphatic carbocycles. The van der Waals surface area contributed by atoms with E-state index in [9.17, 15) is 24.8 Å². The fraction of sp³-hybridized carbons (Fsp3) is 0.333. The number of amides is 1. The van der Waals surface area contributed by atoms with Gasteiger partial charge in [0.25, 0.3) is 5.91 Å². The third-order valence-electron chi connectivity index (χ3n) is 2.69. The van der Waals surface area contributed by atoms with Gasteiger partial charge in [-0.2, -0.15) is 0 Å². The molecule has 0 aliphatic heterocycles. The summed E-state index contributed by atoms with van der Waals surface area (Å²) in [5.41, 5.74) is -2.67. The smallest absolute Gasteiger partial charge is 0.337 e. The van der Waals surface area contributed by atoms with Crippen molar-refractivity contribution in [2.75, 3.05) is 13.7 Å². The molecule has 1 aromatic carbocycles. The summed E-state index contributed by atoms with van der Waals surface area (Å²) >= 11 is 0. The summed E-state index contributed by atoms with van der Waals surface area (Å²) in [7, 11) is 1.17. The van der Waals surface area contributed by atoms with E-state index < -0.39 is 34.6 Å². The van der Waals surface area contributed by atoms with Gasteiger partial charge in [0.15, 0.2) is 5.60 Å². The molecule has 0 aromatic heterocycles. The number of nitrogens with zero attached hydrogens (tertiary/aromatic N) is 1. The van der Waals surface area contributed by atoms with Crippen LogP contribution in [0, 0.1) is 10.1 Å². The van der Waals surface area contributed by atoms with Gasteiger partial charge >= 0.3 is 11.7 Å². The Kier molecular flexibility index (Phi) is 4.82. The summed E-state index contributed by atoms with van der Waals surface area (Å²) in [5.74, 6) is -2.54. The van der Waals surface area contributed by atoms with E-state index in [2.05, 4.69) is 5.32 Å². The molecule has 21 heavy (non-hydrogen) atoms. The number of carbonyl (C=O) groups excluding carboxylic acids is 1. The third kappa shape index (κ3) is 3.66. The first kappa shape index (κ1) is 16.4. The maximum absolute atomic E-state index is 12.0. The lowest BCUT2D eigenvalue weighted by atomic mass is 10.1. The van der Waals surface area contributed by atoms with Crippen LogP contribution in [0.1, 0.15) is 17.3 Å². The highest BCUT2D eigenvalue weighted by Crippen LogP contribution is 2.30. The molecule has 1 rings (SSSR count). The number of hydrogen-bond donors (Lipinski definition) is 3. The molecular formula is C12H14N2O7. The lowest BCUT2D eigenvalue weighted by Crippen LogP contribution is -2.46. The molecule has 9 heteroatoms. The fourth-order valence-corrected chi connectivity index (χ4v) is 1.49. The first-order chi connectivity index (χ1) is 9.70. The average molecular weight is 298 g/mol. The molecule has 0 radical (unpaired) electrons. The highest BCUT2D eigenvalue weighted by atomic mass is 16.6. The predicted octanol–water partition coefficient (Wildman–Crippen LogP) is 0.169. The van der Waals surface area contributed by atoms with Crippen molar-refractivity contribution in [1.29, 1.82) is 0 Å². The average Bonchev–Trinajstić information content (AvgIpc) is 2.43. The number of carbonyl (C=O) groups is 2. The maximum Gasteiger partial charge on any atom is 0.337 e. The van der Waals surface area contributed by atoms with Crippen LogP contribution in [-0.4, -0.2) is 46.3 Å². The van der Waals surface area contributed by atoms with Crippen molar-refractivity contribution in [3.8, 4) is 5.75 Å². The summed E-state index contributed by atoms with van der Waals surface area (Å²) in [6.45, 7) is 0.452. The second-order valence-corrected chi connectivity index (χ2v) is 4.38. The Labute approximate surface area is 119 Å². The lowest BCUT2D eigenvalue weighted by Gasteiger charge is -2.18. The molecule has 0 fully saturated rings. The summed E-state index contributed by atoms with van der Waals surface area (Å²) in [6, 6.07) is 3.75. The third-order valence-corrected chi connectivity index (χ3v) is 2.69. The zero-order valence-corrected chi connectivity index (χ0v) is 11.3. The topological polar surface area (TPSA) is 139 Å². The number of ether oxygens (including phenoxy) is 1. The van der Waals surface area contributed by atoms with Crippen molar-refractivity contribution in [2.24, 2.45) is 0 Å². The summed E-state index contributed by atoms with van der Waals surface area (Å²) in [6.07, 6.45) is 0. The number of rotatable bonds is 6. The van der Waals surface area contributed by atoms with E-state index in [4.69, 9.17) is 9.84 Å². The van der Waals surface area contributed by atoms with E-state index in [1.54, 1.807) is 0 Å². The zero-order valence-electron chi connectivity index (χ0n) is 11.3. The quantitative estimate of drug-likeness (QED) is 0.502. The van der Waals surface area contributed by atoms with Gasteiger partial charge in [0.2, 0.25) is 5.75 Å². The van der Waals surface area contributed by atoms with Crippen molar-refractivity contribution in [3.05, 3.63) is 33.9 Å². The minimum Gasteiger partial charge on any atom is -0.490 e. The highest BCUT2D eigenvalue weighted by molar-refractivity contribution is 5.98. The van der Waals surface area contributed by atoms with Gasteiger partial charge in [0.05, 0.1) is 24.1 Å².